The Hall–Kier alpha value is -3.20. The molecule has 0 spiro atoms. The third-order valence-electron chi connectivity index (χ3n) is 4.45. The van der Waals surface area contributed by atoms with Crippen molar-refractivity contribution >= 4 is 45.3 Å². The molecule has 2 aromatic rings. The zero-order valence-corrected chi connectivity index (χ0v) is 17.8. The molecule has 1 aliphatic rings. The van der Waals surface area contributed by atoms with E-state index in [9.17, 15) is 19.2 Å². The molecule has 8 nitrogen and oxygen atoms in total. The molecule has 0 saturated carbocycles. The number of benzene rings is 2. The lowest BCUT2D eigenvalue weighted by Crippen LogP contribution is -2.43. The standard InChI is InChI=1S/C21H20BrN3O5/c1-13-3-2-4-14(9-13)20(28)24-25-11-15(10-19(25)27)21(29)30-12-18(26)23-17-7-5-16(22)6-8-17/h2-9,15H,10-12H2,1H3,(H,23,26)(H,24,28)/t15-/m1/s1. The molecule has 0 radical (unpaired) electrons. The van der Waals surface area contributed by atoms with E-state index in [1.807, 2.05) is 13.0 Å². The van der Waals surface area contributed by atoms with Crippen molar-refractivity contribution in [2.75, 3.05) is 18.5 Å². The van der Waals surface area contributed by atoms with Gasteiger partial charge >= 0.3 is 5.97 Å². The number of aryl methyl sites for hydroxylation is 1. The third-order valence-corrected chi connectivity index (χ3v) is 4.98. The number of ether oxygens (including phenoxy) is 1. The first-order valence-electron chi connectivity index (χ1n) is 9.22. The van der Waals surface area contributed by atoms with Crippen molar-refractivity contribution in [1.82, 2.24) is 10.4 Å². The van der Waals surface area contributed by atoms with E-state index in [-0.39, 0.29) is 13.0 Å². The van der Waals surface area contributed by atoms with Crippen LogP contribution in [0.3, 0.4) is 0 Å². The van der Waals surface area contributed by atoms with Gasteiger partial charge in [-0.2, -0.15) is 0 Å². The summed E-state index contributed by atoms with van der Waals surface area (Å²) in [5, 5.41) is 3.72. The second kappa shape index (κ2) is 9.53. The van der Waals surface area contributed by atoms with Crippen molar-refractivity contribution in [2.45, 2.75) is 13.3 Å². The average Bonchev–Trinajstić information content (AvgIpc) is 3.08. The highest BCUT2D eigenvalue weighted by molar-refractivity contribution is 9.10. The number of hydrogen-bond acceptors (Lipinski definition) is 5. The molecule has 30 heavy (non-hydrogen) atoms. The summed E-state index contributed by atoms with van der Waals surface area (Å²) in [6.07, 6.45) is -0.0960. The highest BCUT2D eigenvalue weighted by Crippen LogP contribution is 2.18. The summed E-state index contributed by atoms with van der Waals surface area (Å²) < 4.78 is 5.91. The van der Waals surface area contributed by atoms with Crippen LogP contribution in [0.25, 0.3) is 0 Å². The van der Waals surface area contributed by atoms with Gasteiger partial charge in [0.15, 0.2) is 6.61 Å². The number of halogens is 1. The smallest absolute Gasteiger partial charge is 0.311 e. The Kier molecular flexibility index (Phi) is 6.83. The van der Waals surface area contributed by atoms with Gasteiger partial charge in [-0.3, -0.25) is 29.6 Å². The van der Waals surface area contributed by atoms with Crippen LogP contribution in [0, 0.1) is 12.8 Å². The van der Waals surface area contributed by atoms with Crippen molar-refractivity contribution in [2.24, 2.45) is 5.92 Å². The quantitative estimate of drug-likeness (QED) is 0.626. The summed E-state index contributed by atoms with van der Waals surface area (Å²) in [7, 11) is 0. The van der Waals surface area contributed by atoms with Crippen molar-refractivity contribution < 1.29 is 23.9 Å². The first kappa shape index (κ1) is 21.5. The van der Waals surface area contributed by atoms with Crippen LogP contribution in [0.15, 0.2) is 53.0 Å². The molecule has 3 rings (SSSR count). The number of anilines is 1. The monoisotopic (exact) mass is 473 g/mol. The number of rotatable bonds is 6. The number of nitrogens with one attached hydrogen (secondary N) is 2. The van der Waals surface area contributed by atoms with E-state index in [0.717, 1.165) is 15.0 Å². The largest absolute Gasteiger partial charge is 0.455 e. The van der Waals surface area contributed by atoms with E-state index in [4.69, 9.17) is 4.74 Å². The van der Waals surface area contributed by atoms with Crippen LogP contribution < -0.4 is 10.7 Å². The minimum absolute atomic E-state index is 0.0104. The molecule has 0 bridgehead atoms. The summed E-state index contributed by atoms with van der Waals surface area (Å²) in [6.45, 7) is 1.38. The predicted molar refractivity (Wildman–Crippen MR) is 112 cm³/mol. The maximum atomic E-state index is 12.3. The Morgan fingerprint density at radius 3 is 2.60 bits per heavy atom. The van der Waals surface area contributed by atoms with E-state index >= 15 is 0 Å². The molecule has 156 valence electrons. The average molecular weight is 474 g/mol. The Balaban J connectivity index is 1.47. The number of hydrazine groups is 1. The summed E-state index contributed by atoms with van der Waals surface area (Å²) >= 11 is 3.30. The molecule has 2 N–H and O–H groups in total. The van der Waals surface area contributed by atoms with Gasteiger partial charge in [0, 0.05) is 22.1 Å². The lowest BCUT2D eigenvalue weighted by molar-refractivity contribution is -0.151. The molecule has 1 heterocycles. The predicted octanol–water partition coefficient (Wildman–Crippen LogP) is 2.43. The van der Waals surface area contributed by atoms with Crippen LogP contribution in [-0.2, 0) is 19.1 Å². The van der Waals surface area contributed by atoms with E-state index < -0.39 is 36.2 Å². The fourth-order valence-corrected chi connectivity index (χ4v) is 3.20. The summed E-state index contributed by atoms with van der Waals surface area (Å²) in [6, 6.07) is 13.9. The van der Waals surface area contributed by atoms with Gasteiger partial charge in [-0.25, -0.2) is 0 Å². The van der Waals surface area contributed by atoms with E-state index in [2.05, 4.69) is 26.7 Å². The van der Waals surface area contributed by atoms with Gasteiger partial charge < -0.3 is 10.1 Å². The fourth-order valence-electron chi connectivity index (χ4n) is 2.93. The van der Waals surface area contributed by atoms with Crippen molar-refractivity contribution in [3.8, 4) is 0 Å². The summed E-state index contributed by atoms with van der Waals surface area (Å²) in [5.74, 6) is -2.73. The van der Waals surface area contributed by atoms with Crippen LogP contribution in [-0.4, -0.2) is 41.9 Å². The van der Waals surface area contributed by atoms with E-state index in [1.165, 1.54) is 0 Å². The molecule has 3 amide bonds. The topological polar surface area (TPSA) is 105 Å². The normalized spacial score (nSPS) is 15.6. The molecule has 1 saturated heterocycles. The molecule has 1 aliphatic heterocycles. The van der Waals surface area contributed by atoms with Gasteiger partial charge in [-0.15, -0.1) is 0 Å². The van der Waals surface area contributed by atoms with Gasteiger partial charge in [0.1, 0.15) is 0 Å². The summed E-state index contributed by atoms with van der Waals surface area (Å²) in [4.78, 5) is 48.6. The molecular formula is C21H20BrN3O5. The zero-order valence-electron chi connectivity index (χ0n) is 16.2. The van der Waals surface area contributed by atoms with Crippen molar-refractivity contribution in [3.05, 3.63) is 64.1 Å². The number of amides is 3. The second-order valence-corrected chi connectivity index (χ2v) is 7.79. The molecule has 9 heteroatoms. The first-order chi connectivity index (χ1) is 14.3. The first-order valence-corrected chi connectivity index (χ1v) is 10.0. The van der Waals surface area contributed by atoms with Gasteiger partial charge in [0.25, 0.3) is 11.8 Å². The van der Waals surface area contributed by atoms with Crippen LogP contribution >= 0.6 is 15.9 Å². The van der Waals surface area contributed by atoms with Gasteiger partial charge in [-0.1, -0.05) is 33.6 Å². The number of nitrogens with zero attached hydrogens (tertiary/aromatic N) is 1. The SMILES string of the molecule is Cc1cccc(C(=O)NN2C[C@H](C(=O)OCC(=O)Nc3ccc(Br)cc3)CC2=O)c1. The molecule has 0 unspecified atom stereocenters. The van der Waals surface area contributed by atoms with Gasteiger partial charge in [-0.05, 0) is 43.3 Å². The van der Waals surface area contributed by atoms with E-state index in [0.29, 0.717) is 11.3 Å². The fraction of sp³-hybridized carbons (Fsp3) is 0.238. The van der Waals surface area contributed by atoms with E-state index in [1.54, 1.807) is 42.5 Å². The molecule has 2 aromatic carbocycles. The molecule has 0 aromatic heterocycles. The Bertz CT molecular complexity index is 977. The second-order valence-electron chi connectivity index (χ2n) is 6.88. The Morgan fingerprint density at radius 2 is 1.90 bits per heavy atom. The minimum atomic E-state index is -0.754. The van der Waals surface area contributed by atoms with Gasteiger partial charge in [0.2, 0.25) is 5.91 Å². The summed E-state index contributed by atoms with van der Waals surface area (Å²) in [5.41, 5.74) is 4.41. The van der Waals surface area contributed by atoms with Crippen molar-refractivity contribution in [3.63, 3.8) is 0 Å². The number of esters is 1. The maximum Gasteiger partial charge on any atom is 0.311 e. The van der Waals surface area contributed by atoms with Crippen LogP contribution in [0.5, 0.6) is 0 Å². The molecule has 0 aliphatic carbocycles. The number of hydrogen-bond donors (Lipinski definition) is 2. The Morgan fingerprint density at radius 1 is 1.17 bits per heavy atom. The van der Waals surface area contributed by atoms with Crippen molar-refractivity contribution in [1.29, 1.82) is 0 Å². The van der Waals surface area contributed by atoms with Crippen LogP contribution in [0.2, 0.25) is 0 Å². The lowest BCUT2D eigenvalue weighted by Gasteiger charge is -2.17. The minimum Gasteiger partial charge on any atom is -0.455 e. The highest BCUT2D eigenvalue weighted by atomic mass is 79.9. The van der Waals surface area contributed by atoms with Crippen LogP contribution in [0.1, 0.15) is 22.3 Å². The number of carbonyl (C=O) groups excluding carboxylic acids is 4. The third kappa shape index (κ3) is 5.66. The molecule has 1 atom stereocenters. The molecular weight excluding hydrogens is 454 g/mol. The zero-order chi connectivity index (χ0) is 21.7. The van der Waals surface area contributed by atoms with Gasteiger partial charge in [0.05, 0.1) is 12.5 Å². The maximum absolute atomic E-state index is 12.3. The molecule has 1 fully saturated rings. The highest BCUT2D eigenvalue weighted by Gasteiger charge is 2.36. The number of carbonyl (C=O) groups is 4. The van der Waals surface area contributed by atoms with Crippen LogP contribution in [0.4, 0.5) is 5.69 Å². The Labute approximate surface area is 181 Å². The lowest BCUT2D eigenvalue weighted by atomic mass is 10.1.